The average molecular weight is 408 g/mol. The maximum absolute atomic E-state index is 12.5. The van der Waals surface area contributed by atoms with Crippen LogP contribution in [0.25, 0.3) is 16.9 Å². The molecule has 0 saturated carbocycles. The summed E-state index contributed by atoms with van der Waals surface area (Å²) in [6.45, 7) is 5.33. The minimum absolute atomic E-state index is 0.0670. The third-order valence-corrected chi connectivity index (χ3v) is 5.48. The summed E-state index contributed by atoms with van der Waals surface area (Å²) >= 11 is 0. The second-order valence-electron chi connectivity index (χ2n) is 8.02. The van der Waals surface area contributed by atoms with Crippen LogP contribution < -0.4 is 10.2 Å². The number of aromatic nitrogens is 3. The zero-order valence-corrected chi connectivity index (χ0v) is 17.9. The van der Waals surface area contributed by atoms with Gasteiger partial charge in [0.05, 0.1) is 11.9 Å². The van der Waals surface area contributed by atoms with E-state index in [0.29, 0.717) is 12.1 Å². The summed E-state index contributed by atoms with van der Waals surface area (Å²) < 4.78 is 2.06. The number of nitrogens with zero attached hydrogens (tertiary/aromatic N) is 6. The molecule has 0 spiro atoms. The zero-order valence-electron chi connectivity index (χ0n) is 17.9. The molecule has 8 heteroatoms. The Hall–Kier alpha value is -2.97. The highest BCUT2D eigenvalue weighted by molar-refractivity contribution is 5.95. The summed E-state index contributed by atoms with van der Waals surface area (Å²) in [5, 5.41) is 2.97. The van der Waals surface area contributed by atoms with Crippen molar-refractivity contribution < 1.29 is 4.79 Å². The maximum Gasteiger partial charge on any atom is 0.251 e. The number of anilines is 1. The van der Waals surface area contributed by atoms with E-state index in [1.165, 1.54) is 0 Å². The predicted molar refractivity (Wildman–Crippen MR) is 119 cm³/mol. The SMILES string of the molecule is CN(C)CCNC(=O)c1cccc(-c2cnc(N3CCN(C)CC3)c3nccn23)c1. The number of imidazole rings is 1. The van der Waals surface area contributed by atoms with E-state index in [0.717, 1.165) is 55.4 Å². The van der Waals surface area contributed by atoms with Gasteiger partial charge in [0.25, 0.3) is 5.91 Å². The fourth-order valence-electron chi connectivity index (χ4n) is 3.68. The van der Waals surface area contributed by atoms with Crippen LogP contribution >= 0.6 is 0 Å². The van der Waals surface area contributed by atoms with Gasteiger partial charge in [-0.25, -0.2) is 9.97 Å². The Kier molecular flexibility index (Phi) is 5.96. The molecule has 3 heterocycles. The number of nitrogens with one attached hydrogen (secondary N) is 1. The van der Waals surface area contributed by atoms with Gasteiger partial charge in [-0.15, -0.1) is 0 Å². The second-order valence-corrected chi connectivity index (χ2v) is 8.02. The van der Waals surface area contributed by atoms with Gasteiger partial charge in [-0.05, 0) is 33.3 Å². The monoisotopic (exact) mass is 407 g/mol. The molecule has 1 amide bonds. The molecule has 0 radical (unpaired) electrons. The molecule has 0 unspecified atom stereocenters. The summed E-state index contributed by atoms with van der Waals surface area (Å²) in [4.78, 5) is 28.5. The third kappa shape index (κ3) is 4.29. The summed E-state index contributed by atoms with van der Waals surface area (Å²) in [6.07, 6.45) is 5.64. The van der Waals surface area contributed by atoms with Gasteiger partial charge in [-0.3, -0.25) is 9.20 Å². The summed E-state index contributed by atoms with van der Waals surface area (Å²) in [6, 6.07) is 7.67. The Labute approximate surface area is 177 Å². The normalized spacial score (nSPS) is 15.1. The van der Waals surface area contributed by atoms with Gasteiger partial charge in [0, 0.05) is 62.8 Å². The van der Waals surface area contributed by atoms with Crippen LogP contribution in [0.3, 0.4) is 0 Å². The van der Waals surface area contributed by atoms with Crippen molar-refractivity contribution in [2.75, 3.05) is 65.3 Å². The molecule has 1 aromatic carbocycles. The minimum Gasteiger partial charge on any atom is -0.351 e. The Morgan fingerprint density at radius 2 is 1.97 bits per heavy atom. The molecule has 0 bridgehead atoms. The van der Waals surface area contributed by atoms with Crippen molar-refractivity contribution in [1.82, 2.24) is 29.5 Å². The minimum atomic E-state index is -0.0670. The molecular weight excluding hydrogens is 378 g/mol. The number of carbonyl (C=O) groups is 1. The van der Waals surface area contributed by atoms with Crippen LogP contribution in [0.4, 0.5) is 5.82 Å². The van der Waals surface area contributed by atoms with Gasteiger partial charge in [0.15, 0.2) is 11.5 Å². The van der Waals surface area contributed by atoms with Crippen molar-refractivity contribution >= 4 is 17.4 Å². The first kappa shape index (κ1) is 20.3. The second kappa shape index (κ2) is 8.81. The molecule has 158 valence electrons. The Morgan fingerprint density at radius 1 is 1.17 bits per heavy atom. The molecule has 1 fully saturated rings. The van der Waals surface area contributed by atoms with Crippen LogP contribution in [0.5, 0.6) is 0 Å². The molecule has 0 aliphatic carbocycles. The highest BCUT2D eigenvalue weighted by Gasteiger charge is 2.20. The molecule has 1 saturated heterocycles. The first-order valence-electron chi connectivity index (χ1n) is 10.3. The van der Waals surface area contributed by atoms with E-state index < -0.39 is 0 Å². The fourth-order valence-corrected chi connectivity index (χ4v) is 3.68. The zero-order chi connectivity index (χ0) is 21.1. The molecule has 1 N–H and O–H groups in total. The summed E-state index contributed by atoms with van der Waals surface area (Å²) in [5.41, 5.74) is 3.35. The van der Waals surface area contributed by atoms with Gasteiger partial charge >= 0.3 is 0 Å². The number of piperazine rings is 1. The van der Waals surface area contributed by atoms with Crippen LogP contribution in [0, 0.1) is 0 Å². The molecule has 30 heavy (non-hydrogen) atoms. The number of rotatable bonds is 6. The number of likely N-dealkylation sites (N-methyl/N-ethyl adjacent to an activating group) is 2. The Morgan fingerprint density at radius 3 is 2.73 bits per heavy atom. The lowest BCUT2D eigenvalue weighted by atomic mass is 10.1. The molecule has 2 aromatic heterocycles. The number of hydrogen-bond acceptors (Lipinski definition) is 6. The largest absolute Gasteiger partial charge is 0.351 e. The highest BCUT2D eigenvalue weighted by Crippen LogP contribution is 2.26. The van der Waals surface area contributed by atoms with Gasteiger partial charge < -0.3 is 20.0 Å². The lowest BCUT2D eigenvalue weighted by Gasteiger charge is -2.33. The Bertz CT molecular complexity index is 1020. The van der Waals surface area contributed by atoms with Gasteiger partial charge in [0.1, 0.15) is 0 Å². The van der Waals surface area contributed by atoms with Crippen LogP contribution in [0.1, 0.15) is 10.4 Å². The summed E-state index contributed by atoms with van der Waals surface area (Å²) in [5.74, 6) is 0.844. The topological polar surface area (TPSA) is 69.0 Å². The number of hydrogen-bond donors (Lipinski definition) is 1. The average Bonchev–Trinajstić information content (AvgIpc) is 3.23. The quantitative estimate of drug-likeness (QED) is 0.667. The van der Waals surface area contributed by atoms with E-state index in [1.807, 2.05) is 55.7 Å². The Balaban J connectivity index is 1.60. The predicted octanol–water partition coefficient (Wildman–Crippen LogP) is 1.44. The lowest BCUT2D eigenvalue weighted by Crippen LogP contribution is -2.45. The fraction of sp³-hybridized carbons (Fsp3) is 0.409. The summed E-state index contributed by atoms with van der Waals surface area (Å²) in [7, 11) is 6.12. The third-order valence-electron chi connectivity index (χ3n) is 5.48. The number of carbonyl (C=O) groups excluding carboxylic acids is 1. The van der Waals surface area contributed by atoms with E-state index in [9.17, 15) is 4.79 Å². The van der Waals surface area contributed by atoms with Crippen LogP contribution in [0.2, 0.25) is 0 Å². The van der Waals surface area contributed by atoms with Crippen LogP contribution in [0.15, 0.2) is 42.9 Å². The van der Waals surface area contributed by atoms with Gasteiger partial charge in [-0.2, -0.15) is 0 Å². The standard InChI is InChI=1S/C22H29N7O/c1-26(2)9-7-24-22(30)18-6-4-5-17(15-18)19-16-25-20(21-23-8-10-29(19)21)28-13-11-27(3)12-14-28/h4-6,8,10,15-16H,7,9,11-14H2,1-3H3,(H,24,30). The van der Waals surface area contributed by atoms with Crippen LogP contribution in [-0.4, -0.2) is 90.5 Å². The molecular formula is C22H29N7O. The van der Waals surface area contributed by atoms with E-state index in [1.54, 1.807) is 6.20 Å². The first-order valence-corrected chi connectivity index (χ1v) is 10.3. The van der Waals surface area contributed by atoms with Crippen molar-refractivity contribution in [3.63, 3.8) is 0 Å². The lowest BCUT2D eigenvalue weighted by molar-refractivity contribution is 0.0951. The van der Waals surface area contributed by atoms with Crippen molar-refractivity contribution in [1.29, 1.82) is 0 Å². The number of fused-ring (bicyclic) bond motifs is 1. The first-order chi connectivity index (χ1) is 14.5. The van der Waals surface area contributed by atoms with Crippen molar-refractivity contribution in [3.05, 3.63) is 48.4 Å². The van der Waals surface area contributed by atoms with E-state index in [2.05, 4.69) is 31.5 Å². The van der Waals surface area contributed by atoms with Crippen molar-refractivity contribution in [2.45, 2.75) is 0 Å². The van der Waals surface area contributed by atoms with Gasteiger partial charge in [-0.1, -0.05) is 12.1 Å². The number of amides is 1. The van der Waals surface area contributed by atoms with E-state index in [-0.39, 0.29) is 5.91 Å². The molecule has 8 nitrogen and oxygen atoms in total. The molecule has 0 atom stereocenters. The molecule has 1 aliphatic heterocycles. The maximum atomic E-state index is 12.5. The van der Waals surface area contributed by atoms with Crippen LogP contribution in [-0.2, 0) is 0 Å². The number of benzene rings is 1. The van der Waals surface area contributed by atoms with Crippen molar-refractivity contribution in [3.8, 4) is 11.3 Å². The molecule has 4 rings (SSSR count). The molecule has 1 aliphatic rings. The smallest absolute Gasteiger partial charge is 0.251 e. The van der Waals surface area contributed by atoms with Crippen molar-refractivity contribution in [2.24, 2.45) is 0 Å². The van der Waals surface area contributed by atoms with E-state index >= 15 is 0 Å². The molecule has 3 aromatic rings. The van der Waals surface area contributed by atoms with Gasteiger partial charge in [0.2, 0.25) is 0 Å². The van der Waals surface area contributed by atoms with E-state index in [4.69, 9.17) is 4.98 Å². The highest BCUT2D eigenvalue weighted by atomic mass is 16.1.